The third kappa shape index (κ3) is 4.15. The van der Waals surface area contributed by atoms with Crippen LogP contribution in [0.5, 0.6) is 0 Å². The lowest BCUT2D eigenvalue weighted by Crippen LogP contribution is -2.12. The Morgan fingerprint density at radius 2 is 2.24 bits per heavy atom. The Morgan fingerprint density at radius 1 is 1.47 bits per heavy atom. The molecule has 90 valence electrons. The summed E-state index contributed by atoms with van der Waals surface area (Å²) in [5.41, 5.74) is 7.02. The molecule has 0 atom stereocenters. The number of hydrogen-bond acceptors (Lipinski definition) is 3. The van der Waals surface area contributed by atoms with Gasteiger partial charge in [-0.05, 0) is 24.6 Å². The lowest BCUT2D eigenvalue weighted by Gasteiger charge is -2.07. The Bertz CT molecular complexity index is 435. The van der Waals surface area contributed by atoms with E-state index in [2.05, 4.69) is 12.2 Å². The summed E-state index contributed by atoms with van der Waals surface area (Å²) in [6.07, 6.45) is 3.49. The molecule has 0 aliphatic heterocycles. The number of nitrogen functional groups attached to an aromatic ring is 1. The molecule has 3 N–H and O–H groups in total. The Balaban J connectivity index is 2.62. The van der Waals surface area contributed by atoms with Crippen LogP contribution < -0.4 is 11.1 Å². The summed E-state index contributed by atoms with van der Waals surface area (Å²) in [6.45, 7) is 2.09. The number of nitrogens with one attached hydrogen (secondary N) is 1. The summed E-state index contributed by atoms with van der Waals surface area (Å²) in [5, 5.41) is 11.6. The highest BCUT2D eigenvalue weighted by Crippen LogP contribution is 2.18. The Morgan fingerprint density at radius 3 is 2.88 bits per heavy atom. The fourth-order valence-electron chi connectivity index (χ4n) is 1.51. The Hall–Kier alpha value is -2.02. The number of carbonyl (C=O) groups excluding carboxylic acids is 1. The summed E-state index contributed by atoms with van der Waals surface area (Å²) in [7, 11) is 0. The van der Waals surface area contributed by atoms with E-state index >= 15 is 0 Å². The monoisotopic (exact) mass is 231 g/mol. The molecule has 0 saturated heterocycles. The summed E-state index contributed by atoms with van der Waals surface area (Å²) < 4.78 is 0. The first-order chi connectivity index (χ1) is 8.17. The number of unbranched alkanes of at least 4 members (excludes halogenated alkanes) is 2. The highest BCUT2D eigenvalue weighted by molar-refractivity contribution is 5.92. The maximum atomic E-state index is 11.6. The molecular formula is C13H17N3O. The van der Waals surface area contributed by atoms with Crippen LogP contribution in [0, 0.1) is 11.3 Å². The van der Waals surface area contributed by atoms with Gasteiger partial charge in [0.1, 0.15) is 6.07 Å². The van der Waals surface area contributed by atoms with Crippen LogP contribution in [0.4, 0.5) is 11.4 Å². The average Bonchev–Trinajstić information content (AvgIpc) is 2.32. The van der Waals surface area contributed by atoms with Crippen LogP contribution in [-0.2, 0) is 4.79 Å². The minimum absolute atomic E-state index is 0.0558. The molecule has 0 aromatic heterocycles. The van der Waals surface area contributed by atoms with Crippen molar-refractivity contribution in [2.45, 2.75) is 32.6 Å². The van der Waals surface area contributed by atoms with Crippen LogP contribution in [0.15, 0.2) is 18.2 Å². The largest absolute Gasteiger partial charge is 0.399 e. The van der Waals surface area contributed by atoms with Gasteiger partial charge in [0.2, 0.25) is 5.91 Å². The van der Waals surface area contributed by atoms with Gasteiger partial charge in [-0.15, -0.1) is 0 Å². The third-order valence-electron chi connectivity index (χ3n) is 2.45. The molecule has 0 heterocycles. The number of amides is 1. The van der Waals surface area contributed by atoms with Gasteiger partial charge in [-0.25, -0.2) is 0 Å². The number of hydrogen-bond donors (Lipinski definition) is 2. The number of nitrogens with zero attached hydrogens (tertiary/aromatic N) is 1. The highest BCUT2D eigenvalue weighted by atomic mass is 16.1. The minimum atomic E-state index is -0.0558. The van der Waals surface area contributed by atoms with Gasteiger partial charge in [0.05, 0.1) is 11.3 Å². The van der Waals surface area contributed by atoms with Gasteiger partial charge >= 0.3 is 0 Å². The van der Waals surface area contributed by atoms with Crippen molar-refractivity contribution >= 4 is 17.3 Å². The average molecular weight is 231 g/mol. The van der Waals surface area contributed by atoms with Crippen molar-refractivity contribution in [1.29, 1.82) is 5.26 Å². The lowest BCUT2D eigenvalue weighted by molar-refractivity contribution is -0.116. The molecule has 1 aromatic rings. The van der Waals surface area contributed by atoms with Crippen molar-refractivity contribution in [1.82, 2.24) is 0 Å². The number of carbonyl (C=O) groups is 1. The second-order valence-electron chi connectivity index (χ2n) is 3.92. The molecule has 0 spiro atoms. The van der Waals surface area contributed by atoms with Gasteiger partial charge in [-0.1, -0.05) is 19.8 Å². The fourth-order valence-corrected chi connectivity index (χ4v) is 1.51. The van der Waals surface area contributed by atoms with Crippen molar-refractivity contribution in [3.8, 4) is 6.07 Å². The molecule has 4 heteroatoms. The minimum Gasteiger partial charge on any atom is -0.399 e. The van der Waals surface area contributed by atoms with Crippen LogP contribution in [0.2, 0.25) is 0 Å². The van der Waals surface area contributed by atoms with Gasteiger partial charge in [-0.2, -0.15) is 5.26 Å². The number of anilines is 2. The molecule has 1 amide bonds. The summed E-state index contributed by atoms with van der Waals surface area (Å²) in [5.74, 6) is -0.0558. The highest BCUT2D eigenvalue weighted by Gasteiger charge is 2.06. The predicted molar refractivity (Wildman–Crippen MR) is 68.3 cm³/mol. The van der Waals surface area contributed by atoms with Gasteiger partial charge in [0.15, 0.2) is 0 Å². The molecule has 0 aliphatic carbocycles. The van der Waals surface area contributed by atoms with Gasteiger partial charge in [0.25, 0.3) is 0 Å². The molecule has 1 aromatic carbocycles. The third-order valence-corrected chi connectivity index (χ3v) is 2.45. The van der Waals surface area contributed by atoms with Gasteiger partial charge < -0.3 is 11.1 Å². The quantitative estimate of drug-likeness (QED) is 0.604. The Kier molecular flexibility index (Phi) is 5.02. The Labute approximate surface area is 101 Å². The first-order valence-electron chi connectivity index (χ1n) is 5.77. The predicted octanol–water partition coefficient (Wildman–Crippen LogP) is 2.66. The maximum Gasteiger partial charge on any atom is 0.224 e. The van der Waals surface area contributed by atoms with E-state index in [9.17, 15) is 4.79 Å². The zero-order chi connectivity index (χ0) is 12.7. The van der Waals surface area contributed by atoms with Crippen molar-refractivity contribution in [2.75, 3.05) is 11.1 Å². The van der Waals surface area contributed by atoms with Gasteiger partial charge in [-0.3, -0.25) is 4.79 Å². The molecule has 0 aliphatic rings. The number of rotatable bonds is 5. The molecule has 1 rings (SSSR count). The van der Waals surface area contributed by atoms with E-state index in [0.717, 1.165) is 19.3 Å². The molecule has 4 nitrogen and oxygen atoms in total. The van der Waals surface area contributed by atoms with E-state index in [1.807, 2.05) is 6.07 Å². The number of benzene rings is 1. The van der Waals surface area contributed by atoms with Gasteiger partial charge in [0, 0.05) is 12.1 Å². The molecule has 0 radical (unpaired) electrons. The molecule has 17 heavy (non-hydrogen) atoms. The molecular weight excluding hydrogens is 214 g/mol. The summed E-state index contributed by atoms with van der Waals surface area (Å²) in [4.78, 5) is 11.6. The van der Waals surface area contributed by atoms with E-state index in [4.69, 9.17) is 11.0 Å². The first-order valence-corrected chi connectivity index (χ1v) is 5.77. The van der Waals surface area contributed by atoms with Crippen LogP contribution >= 0.6 is 0 Å². The zero-order valence-corrected chi connectivity index (χ0v) is 9.99. The maximum absolute atomic E-state index is 11.6. The van der Waals surface area contributed by atoms with E-state index in [0.29, 0.717) is 23.4 Å². The first kappa shape index (κ1) is 13.0. The van der Waals surface area contributed by atoms with Crippen LogP contribution in [-0.4, -0.2) is 5.91 Å². The number of nitrogens with two attached hydrogens (primary N) is 1. The van der Waals surface area contributed by atoms with Crippen molar-refractivity contribution in [3.63, 3.8) is 0 Å². The summed E-state index contributed by atoms with van der Waals surface area (Å²) >= 11 is 0. The van der Waals surface area contributed by atoms with Crippen LogP contribution in [0.3, 0.4) is 0 Å². The van der Waals surface area contributed by atoms with E-state index in [-0.39, 0.29) is 5.91 Å². The zero-order valence-electron chi connectivity index (χ0n) is 9.99. The second-order valence-corrected chi connectivity index (χ2v) is 3.92. The van der Waals surface area contributed by atoms with Crippen molar-refractivity contribution in [3.05, 3.63) is 23.8 Å². The van der Waals surface area contributed by atoms with Crippen molar-refractivity contribution < 1.29 is 4.79 Å². The number of nitriles is 1. The van der Waals surface area contributed by atoms with E-state index in [1.165, 1.54) is 0 Å². The van der Waals surface area contributed by atoms with Crippen LogP contribution in [0.25, 0.3) is 0 Å². The lowest BCUT2D eigenvalue weighted by atomic mass is 10.1. The smallest absolute Gasteiger partial charge is 0.224 e. The van der Waals surface area contributed by atoms with Crippen molar-refractivity contribution in [2.24, 2.45) is 0 Å². The SMILES string of the molecule is CCCCCC(=O)Nc1ccc(N)cc1C#N. The molecule has 0 unspecified atom stereocenters. The normalized spacial score (nSPS) is 9.65. The molecule has 0 fully saturated rings. The molecule has 0 bridgehead atoms. The van der Waals surface area contributed by atoms with E-state index < -0.39 is 0 Å². The standard InChI is InChI=1S/C13H17N3O/c1-2-3-4-5-13(17)16-12-7-6-11(15)8-10(12)9-14/h6-8H,2-5,15H2,1H3,(H,16,17). The molecule has 0 saturated carbocycles. The van der Waals surface area contributed by atoms with Crippen LogP contribution in [0.1, 0.15) is 38.2 Å². The van der Waals surface area contributed by atoms with E-state index in [1.54, 1.807) is 18.2 Å². The topological polar surface area (TPSA) is 78.9 Å². The fraction of sp³-hybridized carbons (Fsp3) is 0.385. The second kappa shape index (κ2) is 6.54. The summed E-state index contributed by atoms with van der Waals surface area (Å²) in [6, 6.07) is 6.90.